The third-order valence-corrected chi connectivity index (χ3v) is 5.98. The van der Waals surface area contributed by atoms with Crippen LogP contribution in [0.4, 0.5) is 9.02 Å². The molecule has 0 aromatic carbocycles. The molecule has 6 nitrogen and oxygen atoms in total. The predicted molar refractivity (Wildman–Crippen MR) is 76.5 cm³/mol. The van der Waals surface area contributed by atoms with Crippen LogP contribution in [0.3, 0.4) is 0 Å². The van der Waals surface area contributed by atoms with Crippen LogP contribution in [0.15, 0.2) is 0 Å². The molecule has 116 valence electrons. The summed E-state index contributed by atoms with van der Waals surface area (Å²) in [7, 11) is -4.56. The fraction of sp³-hybridized carbons (Fsp3) is 0.750. The van der Waals surface area contributed by atoms with Crippen LogP contribution >= 0.6 is 11.3 Å². The lowest BCUT2D eigenvalue weighted by atomic mass is 10.1. The van der Waals surface area contributed by atoms with E-state index in [4.69, 9.17) is 0 Å². The van der Waals surface area contributed by atoms with Crippen molar-refractivity contribution in [1.82, 2.24) is 10.2 Å². The lowest BCUT2D eigenvalue weighted by molar-refractivity contribution is -0.117. The molecular formula is C12H16FN3O3S2. The van der Waals surface area contributed by atoms with Crippen LogP contribution in [-0.2, 0) is 15.0 Å². The van der Waals surface area contributed by atoms with E-state index >= 15 is 0 Å². The third kappa shape index (κ3) is 3.39. The van der Waals surface area contributed by atoms with Gasteiger partial charge in [0.15, 0.2) is 0 Å². The summed E-state index contributed by atoms with van der Waals surface area (Å²) in [6.45, 7) is 0.196. The first-order valence-corrected chi connectivity index (χ1v) is 9.35. The molecule has 0 N–H and O–H groups in total. The number of amides is 1. The van der Waals surface area contributed by atoms with Crippen LogP contribution in [0, 0.1) is 5.92 Å². The summed E-state index contributed by atoms with van der Waals surface area (Å²) in [5.74, 6) is -0.899. The first kappa shape index (κ1) is 14.8. The molecule has 2 heterocycles. The second-order valence-electron chi connectivity index (χ2n) is 5.68. The monoisotopic (exact) mass is 333 g/mol. The summed E-state index contributed by atoms with van der Waals surface area (Å²) in [6, 6.07) is 0. The Hall–Kier alpha value is -1.09. The molecule has 1 aromatic rings. The molecule has 9 heteroatoms. The first-order valence-electron chi connectivity index (χ1n) is 6.98. The van der Waals surface area contributed by atoms with Gasteiger partial charge in [0.2, 0.25) is 11.0 Å². The van der Waals surface area contributed by atoms with E-state index in [1.165, 1.54) is 29.1 Å². The van der Waals surface area contributed by atoms with E-state index in [1.54, 1.807) is 0 Å². The second kappa shape index (κ2) is 5.60. The topological polar surface area (TPSA) is 80.2 Å². The van der Waals surface area contributed by atoms with Gasteiger partial charge in [-0.25, -0.2) is 0 Å². The van der Waals surface area contributed by atoms with Gasteiger partial charge in [-0.15, -0.1) is 14.1 Å². The van der Waals surface area contributed by atoms with Gasteiger partial charge in [0, 0.05) is 24.8 Å². The van der Waals surface area contributed by atoms with Crippen molar-refractivity contribution < 1.29 is 17.1 Å². The molecule has 1 aromatic heterocycles. The van der Waals surface area contributed by atoms with E-state index in [0.29, 0.717) is 11.0 Å². The molecule has 2 fully saturated rings. The van der Waals surface area contributed by atoms with E-state index in [9.17, 15) is 17.1 Å². The van der Waals surface area contributed by atoms with Crippen LogP contribution in [0.2, 0.25) is 0 Å². The molecular weight excluding hydrogens is 317 g/mol. The van der Waals surface area contributed by atoms with E-state index in [0.717, 1.165) is 17.8 Å². The first-order chi connectivity index (χ1) is 9.92. The van der Waals surface area contributed by atoms with Crippen molar-refractivity contribution in [2.75, 3.05) is 17.2 Å². The molecule has 21 heavy (non-hydrogen) atoms. The highest BCUT2D eigenvalue weighted by Gasteiger charge is 2.35. The van der Waals surface area contributed by atoms with E-state index in [2.05, 4.69) is 10.2 Å². The number of anilines is 1. The van der Waals surface area contributed by atoms with Gasteiger partial charge >= 0.3 is 10.2 Å². The Morgan fingerprint density at radius 2 is 2.00 bits per heavy atom. The minimum absolute atomic E-state index is 0.0431. The Balaban J connectivity index is 1.70. The molecule has 3 rings (SSSR count). The molecule has 1 saturated heterocycles. The lowest BCUT2D eigenvalue weighted by Gasteiger charge is -2.11. The largest absolute Gasteiger partial charge is 0.302 e. The summed E-state index contributed by atoms with van der Waals surface area (Å²) in [5, 5.41) is 9.66. The van der Waals surface area contributed by atoms with Crippen molar-refractivity contribution in [1.29, 1.82) is 0 Å². The van der Waals surface area contributed by atoms with Crippen molar-refractivity contribution in [3.05, 3.63) is 5.01 Å². The van der Waals surface area contributed by atoms with Gasteiger partial charge in [0.25, 0.3) is 0 Å². The molecule has 0 radical (unpaired) electrons. The molecule has 2 aliphatic rings. The summed E-state index contributed by atoms with van der Waals surface area (Å²) >= 11 is 1.39. The second-order valence-corrected chi connectivity index (χ2v) is 8.08. The maximum atomic E-state index is 12.7. The van der Waals surface area contributed by atoms with E-state index < -0.39 is 21.9 Å². The maximum Gasteiger partial charge on any atom is 0.302 e. The number of carbonyl (C=O) groups is 1. The molecule has 0 spiro atoms. The summed E-state index contributed by atoms with van der Waals surface area (Å²) in [4.78, 5) is 13.4. The molecule has 1 aliphatic heterocycles. The summed E-state index contributed by atoms with van der Waals surface area (Å²) in [6.07, 6.45) is 4.63. The predicted octanol–water partition coefficient (Wildman–Crippen LogP) is 1.85. The molecule has 1 unspecified atom stereocenters. The molecule has 1 amide bonds. The van der Waals surface area contributed by atoms with Gasteiger partial charge in [0.05, 0.1) is 5.75 Å². The van der Waals surface area contributed by atoms with Crippen molar-refractivity contribution in [3.8, 4) is 0 Å². The number of hydrogen-bond acceptors (Lipinski definition) is 6. The molecule has 1 aliphatic carbocycles. The SMILES string of the molecule is O=C1CC(CS(=O)(=O)F)CN1c1nnc(C2CCCC2)s1. The van der Waals surface area contributed by atoms with Crippen molar-refractivity contribution >= 4 is 32.6 Å². The normalized spacial score (nSPS) is 24.1. The van der Waals surface area contributed by atoms with E-state index in [-0.39, 0.29) is 18.9 Å². The van der Waals surface area contributed by atoms with Crippen LogP contribution in [-0.4, -0.2) is 36.8 Å². The molecule has 1 saturated carbocycles. The Kier molecular flexibility index (Phi) is 3.96. The van der Waals surface area contributed by atoms with Crippen molar-refractivity contribution in [2.45, 2.75) is 38.0 Å². The van der Waals surface area contributed by atoms with E-state index in [1.807, 2.05) is 0 Å². The summed E-state index contributed by atoms with van der Waals surface area (Å²) < 4.78 is 34.1. The quantitative estimate of drug-likeness (QED) is 0.786. The Bertz CT molecular complexity index is 640. The number of halogens is 1. The van der Waals surface area contributed by atoms with Gasteiger partial charge in [-0.3, -0.25) is 9.69 Å². The molecule has 1 atom stereocenters. The maximum absolute atomic E-state index is 12.7. The van der Waals surface area contributed by atoms with Crippen LogP contribution < -0.4 is 4.90 Å². The number of aromatic nitrogens is 2. The molecule has 0 bridgehead atoms. The highest BCUT2D eigenvalue weighted by Crippen LogP contribution is 2.38. The highest BCUT2D eigenvalue weighted by molar-refractivity contribution is 7.86. The number of rotatable bonds is 4. The Morgan fingerprint density at radius 1 is 1.29 bits per heavy atom. The zero-order chi connectivity index (χ0) is 15.0. The fourth-order valence-electron chi connectivity index (χ4n) is 3.03. The average Bonchev–Trinajstić information content (AvgIpc) is 3.06. The highest BCUT2D eigenvalue weighted by atomic mass is 32.3. The standard InChI is InChI=1S/C12H16FN3O3S2/c13-21(18,19)7-8-5-10(17)16(6-8)12-15-14-11(20-12)9-3-1-2-4-9/h8-9H,1-7H2. The lowest BCUT2D eigenvalue weighted by Crippen LogP contribution is -2.25. The minimum atomic E-state index is -4.56. The van der Waals surface area contributed by atoms with Crippen molar-refractivity contribution in [2.24, 2.45) is 5.92 Å². The van der Waals surface area contributed by atoms with Gasteiger partial charge in [-0.1, -0.05) is 24.2 Å². The van der Waals surface area contributed by atoms with Crippen LogP contribution in [0.1, 0.15) is 43.0 Å². The smallest absolute Gasteiger partial charge is 0.286 e. The minimum Gasteiger partial charge on any atom is -0.286 e. The van der Waals surface area contributed by atoms with Gasteiger partial charge in [0.1, 0.15) is 5.01 Å². The number of nitrogens with zero attached hydrogens (tertiary/aromatic N) is 3. The van der Waals surface area contributed by atoms with Crippen LogP contribution in [0.5, 0.6) is 0 Å². The average molecular weight is 333 g/mol. The number of hydrogen-bond donors (Lipinski definition) is 0. The zero-order valence-corrected chi connectivity index (χ0v) is 13.0. The van der Waals surface area contributed by atoms with Gasteiger partial charge in [-0.2, -0.15) is 8.42 Å². The Morgan fingerprint density at radius 3 is 2.67 bits per heavy atom. The van der Waals surface area contributed by atoms with Crippen LogP contribution in [0.25, 0.3) is 0 Å². The Labute approximate surface area is 126 Å². The van der Waals surface area contributed by atoms with Crippen molar-refractivity contribution in [3.63, 3.8) is 0 Å². The fourth-order valence-corrected chi connectivity index (χ4v) is 4.86. The summed E-state index contributed by atoms with van der Waals surface area (Å²) in [5.41, 5.74) is 0. The zero-order valence-electron chi connectivity index (χ0n) is 11.4. The van der Waals surface area contributed by atoms with Gasteiger partial charge < -0.3 is 0 Å². The van der Waals surface area contributed by atoms with Gasteiger partial charge in [-0.05, 0) is 12.8 Å². The number of carbonyl (C=O) groups excluding carboxylic acids is 1. The third-order valence-electron chi connectivity index (χ3n) is 4.01.